The Kier molecular flexibility index (Phi) is 4.54. The van der Waals surface area contributed by atoms with Gasteiger partial charge in [0.05, 0.1) is 0 Å². The molecule has 0 unspecified atom stereocenters. The molecule has 0 radical (unpaired) electrons. The summed E-state index contributed by atoms with van der Waals surface area (Å²) in [5, 5.41) is 9.11. The maximum atomic E-state index is 11.9. The number of carbonyl (C=O) groups is 3. The van der Waals surface area contributed by atoms with Crippen LogP contribution in [0, 0.1) is 0 Å². The Hall–Kier alpha value is -2.31. The Labute approximate surface area is 117 Å². The van der Waals surface area contributed by atoms with E-state index >= 15 is 0 Å². The lowest BCUT2D eigenvalue weighted by atomic mass is 10.1. The summed E-state index contributed by atoms with van der Waals surface area (Å²) in [7, 11) is 0. The van der Waals surface area contributed by atoms with Gasteiger partial charge in [-0.2, -0.15) is 0 Å². The first-order valence-corrected chi connectivity index (χ1v) is 6.11. The van der Waals surface area contributed by atoms with Gasteiger partial charge in [-0.05, 0) is 32.9 Å². The molecule has 1 heterocycles. The molecule has 20 heavy (non-hydrogen) atoms. The first-order chi connectivity index (χ1) is 9.12. The third-order valence-electron chi connectivity index (χ3n) is 2.70. The van der Waals surface area contributed by atoms with Gasteiger partial charge in [0.2, 0.25) is 0 Å². The largest absolute Gasteiger partial charge is 0.465 e. The highest BCUT2D eigenvalue weighted by Gasteiger charge is 2.28. The van der Waals surface area contributed by atoms with E-state index in [4.69, 9.17) is 5.11 Å². The van der Waals surface area contributed by atoms with E-state index in [9.17, 15) is 14.4 Å². The Morgan fingerprint density at radius 1 is 1.35 bits per heavy atom. The van der Waals surface area contributed by atoms with Crippen molar-refractivity contribution in [3.63, 3.8) is 0 Å². The second kappa shape index (κ2) is 5.77. The van der Waals surface area contributed by atoms with E-state index in [2.05, 4.69) is 5.43 Å². The Morgan fingerprint density at radius 2 is 1.95 bits per heavy atom. The van der Waals surface area contributed by atoms with Crippen molar-refractivity contribution in [2.45, 2.75) is 33.2 Å². The number of carboxylic acid groups (broad SMARTS) is 1. The summed E-state index contributed by atoms with van der Waals surface area (Å²) in [6.45, 7) is 6.17. The summed E-state index contributed by atoms with van der Waals surface area (Å²) < 4.78 is 1.29. The highest BCUT2D eigenvalue weighted by Crippen LogP contribution is 2.13. The fourth-order valence-electron chi connectivity index (χ4n) is 1.67. The SMILES string of the molecule is CC(=O)c1cccn1NC(=O)CN(C(=O)O)C(C)(C)C. The number of nitrogens with one attached hydrogen (secondary N) is 1. The second-order valence-corrected chi connectivity index (χ2v) is 5.39. The Balaban J connectivity index is 2.79. The molecule has 7 heteroatoms. The van der Waals surface area contributed by atoms with Crippen LogP contribution in [0.3, 0.4) is 0 Å². The van der Waals surface area contributed by atoms with E-state index in [1.807, 2.05) is 0 Å². The Bertz CT molecular complexity index is 528. The quantitative estimate of drug-likeness (QED) is 0.819. The summed E-state index contributed by atoms with van der Waals surface area (Å²) >= 11 is 0. The first kappa shape index (κ1) is 15.7. The fraction of sp³-hybridized carbons (Fsp3) is 0.462. The van der Waals surface area contributed by atoms with Crippen molar-refractivity contribution in [3.8, 4) is 0 Å². The average molecular weight is 281 g/mol. The average Bonchev–Trinajstić information content (AvgIpc) is 2.72. The lowest BCUT2D eigenvalue weighted by Crippen LogP contribution is -2.49. The molecular formula is C13H19N3O4. The van der Waals surface area contributed by atoms with Gasteiger partial charge in [-0.15, -0.1) is 0 Å². The van der Waals surface area contributed by atoms with Gasteiger partial charge in [-0.1, -0.05) is 0 Å². The van der Waals surface area contributed by atoms with E-state index in [0.717, 1.165) is 4.90 Å². The van der Waals surface area contributed by atoms with Crippen molar-refractivity contribution in [3.05, 3.63) is 24.0 Å². The van der Waals surface area contributed by atoms with Crippen LogP contribution in [0.4, 0.5) is 4.79 Å². The minimum absolute atomic E-state index is 0.193. The lowest BCUT2D eigenvalue weighted by Gasteiger charge is -2.32. The zero-order chi connectivity index (χ0) is 15.5. The molecule has 1 aromatic heterocycles. The number of Topliss-reactive ketones (excluding diaryl/α,β-unsaturated/α-hetero) is 1. The van der Waals surface area contributed by atoms with E-state index in [-0.39, 0.29) is 12.3 Å². The number of carbonyl (C=O) groups excluding carboxylic acids is 2. The molecule has 2 N–H and O–H groups in total. The molecule has 0 aliphatic heterocycles. The minimum atomic E-state index is -1.17. The molecule has 1 rings (SSSR count). The molecule has 0 spiro atoms. The Morgan fingerprint density at radius 3 is 2.40 bits per heavy atom. The maximum absolute atomic E-state index is 11.9. The number of hydrogen-bond donors (Lipinski definition) is 2. The zero-order valence-corrected chi connectivity index (χ0v) is 12.0. The second-order valence-electron chi connectivity index (χ2n) is 5.39. The predicted octanol–water partition coefficient (Wildman–Crippen LogP) is 1.54. The third-order valence-corrected chi connectivity index (χ3v) is 2.70. The summed E-state index contributed by atoms with van der Waals surface area (Å²) in [6.07, 6.45) is 0.351. The van der Waals surface area contributed by atoms with Gasteiger partial charge >= 0.3 is 6.09 Å². The van der Waals surface area contributed by atoms with Gasteiger partial charge in [0.25, 0.3) is 5.91 Å². The van der Waals surface area contributed by atoms with Crippen molar-refractivity contribution in [2.75, 3.05) is 12.0 Å². The topological polar surface area (TPSA) is 91.6 Å². The molecule has 110 valence electrons. The van der Waals surface area contributed by atoms with Gasteiger partial charge in [-0.3, -0.25) is 24.6 Å². The summed E-state index contributed by atoms with van der Waals surface area (Å²) in [4.78, 5) is 35.4. The number of nitrogens with zero attached hydrogens (tertiary/aromatic N) is 2. The van der Waals surface area contributed by atoms with Crippen molar-refractivity contribution < 1.29 is 19.5 Å². The number of amides is 2. The molecule has 7 nitrogen and oxygen atoms in total. The van der Waals surface area contributed by atoms with Gasteiger partial charge in [-0.25, -0.2) is 4.79 Å². The normalized spacial score (nSPS) is 11.0. The standard InChI is InChI=1S/C13H19N3O4/c1-9(17)10-6-5-7-16(10)14-11(18)8-15(12(19)20)13(2,3)4/h5-7H,8H2,1-4H3,(H,14,18)(H,19,20). The van der Waals surface area contributed by atoms with Gasteiger partial charge in [0.15, 0.2) is 5.78 Å². The number of aromatic nitrogens is 1. The number of ketones is 1. The molecule has 0 aliphatic rings. The van der Waals surface area contributed by atoms with E-state index in [1.165, 1.54) is 17.8 Å². The van der Waals surface area contributed by atoms with Crippen LogP contribution >= 0.6 is 0 Å². The van der Waals surface area contributed by atoms with Crippen LogP contribution in [-0.2, 0) is 4.79 Å². The van der Waals surface area contributed by atoms with E-state index in [1.54, 1.807) is 32.9 Å². The van der Waals surface area contributed by atoms with Crippen LogP contribution in [0.1, 0.15) is 38.2 Å². The van der Waals surface area contributed by atoms with Crippen LogP contribution < -0.4 is 5.43 Å². The zero-order valence-electron chi connectivity index (χ0n) is 12.0. The van der Waals surface area contributed by atoms with Crippen LogP contribution in [-0.4, -0.2) is 44.5 Å². The van der Waals surface area contributed by atoms with E-state index in [0.29, 0.717) is 5.69 Å². The van der Waals surface area contributed by atoms with Crippen molar-refractivity contribution in [2.24, 2.45) is 0 Å². The molecular weight excluding hydrogens is 262 g/mol. The highest BCUT2D eigenvalue weighted by molar-refractivity contribution is 5.94. The van der Waals surface area contributed by atoms with Crippen molar-refractivity contribution in [1.82, 2.24) is 9.58 Å². The van der Waals surface area contributed by atoms with Crippen LogP contribution in [0.25, 0.3) is 0 Å². The highest BCUT2D eigenvalue weighted by atomic mass is 16.4. The van der Waals surface area contributed by atoms with Gasteiger partial charge < -0.3 is 5.11 Å². The summed E-state index contributed by atoms with van der Waals surface area (Å²) in [5.74, 6) is -0.706. The molecule has 0 fully saturated rings. The molecule has 0 saturated carbocycles. The fourth-order valence-corrected chi connectivity index (χ4v) is 1.67. The van der Waals surface area contributed by atoms with Crippen LogP contribution in [0.5, 0.6) is 0 Å². The van der Waals surface area contributed by atoms with Gasteiger partial charge in [0, 0.05) is 18.7 Å². The molecule has 0 atom stereocenters. The molecule has 0 aromatic carbocycles. The third kappa shape index (κ3) is 3.84. The lowest BCUT2D eigenvalue weighted by molar-refractivity contribution is -0.118. The first-order valence-electron chi connectivity index (χ1n) is 6.11. The summed E-state index contributed by atoms with van der Waals surface area (Å²) in [6, 6.07) is 3.19. The van der Waals surface area contributed by atoms with Crippen molar-refractivity contribution >= 4 is 17.8 Å². The number of hydrogen-bond acceptors (Lipinski definition) is 3. The maximum Gasteiger partial charge on any atom is 0.408 e. The van der Waals surface area contributed by atoms with Crippen molar-refractivity contribution in [1.29, 1.82) is 0 Å². The molecule has 1 aromatic rings. The summed E-state index contributed by atoms with van der Waals surface area (Å²) in [5.41, 5.74) is 2.12. The van der Waals surface area contributed by atoms with Crippen LogP contribution in [0.2, 0.25) is 0 Å². The van der Waals surface area contributed by atoms with E-state index < -0.39 is 17.5 Å². The molecule has 0 bridgehead atoms. The monoisotopic (exact) mass is 281 g/mol. The van der Waals surface area contributed by atoms with Crippen LogP contribution in [0.15, 0.2) is 18.3 Å². The molecule has 0 aliphatic carbocycles. The molecule has 2 amide bonds. The predicted molar refractivity (Wildman–Crippen MR) is 73.3 cm³/mol. The smallest absolute Gasteiger partial charge is 0.408 e. The molecule has 0 saturated heterocycles. The number of rotatable bonds is 4. The minimum Gasteiger partial charge on any atom is -0.465 e. The van der Waals surface area contributed by atoms with Gasteiger partial charge in [0.1, 0.15) is 12.2 Å².